The SMILES string of the molecule is CC[C@H](C)[C@@H]([C@@H](CC(=O)N1CCC[C@H]1C(OC)[C@@H](C)C(=O)N[C@@H](Cc1ccc(N)cc1)c1nccs1)OC)N(C)C(=O)[C@@H](NC(=O)C(C)(C)N(C)C)C(C)C. The molecule has 3 rings (SSSR count). The van der Waals surface area contributed by atoms with Crippen LogP contribution in [0.25, 0.3) is 0 Å². The largest absolute Gasteiger partial charge is 0.399 e. The van der Waals surface area contributed by atoms with Gasteiger partial charge in [-0.15, -0.1) is 11.3 Å². The second-order valence-electron chi connectivity index (χ2n) is 16.1. The number of amides is 4. The highest BCUT2D eigenvalue weighted by Gasteiger charge is 2.43. The molecule has 0 aliphatic carbocycles. The third-order valence-electron chi connectivity index (χ3n) is 11.6. The average molecular weight is 786 g/mol. The molecule has 1 aromatic carbocycles. The van der Waals surface area contributed by atoms with Gasteiger partial charge >= 0.3 is 0 Å². The van der Waals surface area contributed by atoms with E-state index in [0.717, 1.165) is 23.4 Å². The molecule has 8 atom stereocenters. The van der Waals surface area contributed by atoms with Gasteiger partial charge < -0.3 is 35.6 Å². The Bertz CT molecular complexity index is 1540. The lowest BCUT2D eigenvalue weighted by Gasteiger charge is -2.41. The monoisotopic (exact) mass is 785 g/mol. The smallest absolute Gasteiger partial charge is 0.245 e. The second-order valence-corrected chi connectivity index (χ2v) is 17.0. The van der Waals surface area contributed by atoms with Gasteiger partial charge in [-0.3, -0.25) is 24.1 Å². The first kappa shape index (κ1) is 45.8. The summed E-state index contributed by atoms with van der Waals surface area (Å²) in [7, 11) is 8.55. The molecule has 1 fully saturated rings. The topological polar surface area (TPSA) is 159 Å². The fourth-order valence-corrected chi connectivity index (χ4v) is 8.05. The number of likely N-dealkylation sites (tertiary alicyclic amines) is 1. The van der Waals surface area contributed by atoms with Gasteiger partial charge in [0.15, 0.2) is 0 Å². The van der Waals surface area contributed by atoms with Crippen molar-refractivity contribution in [2.75, 3.05) is 47.6 Å². The molecule has 308 valence electrons. The number of benzene rings is 1. The summed E-state index contributed by atoms with van der Waals surface area (Å²) in [5, 5.41) is 8.91. The van der Waals surface area contributed by atoms with Gasteiger partial charge in [-0.1, -0.05) is 53.2 Å². The lowest BCUT2D eigenvalue weighted by molar-refractivity contribution is -0.148. The minimum absolute atomic E-state index is 0.0164. The van der Waals surface area contributed by atoms with Crippen molar-refractivity contribution in [1.29, 1.82) is 0 Å². The normalized spacial score (nSPS) is 18.7. The summed E-state index contributed by atoms with van der Waals surface area (Å²) >= 11 is 1.48. The molecule has 1 aliphatic rings. The number of thiazole rings is 1. The predicted octanol–water partition coefficient (Wildman–Crippen LogP) is 4.53. The number of carbonyl (C=O) groups excluding carboxylic acids is 4. The number of aromatic nitrogens is 1. The van der Waals surface area contributed by atoms with Crippen molar-refractivity contribution < 1.29 is 28.7 Å². The van der Waals surface area contributed by atoms with E-state index in [9.17, 15) is 19.2 Å². The number of methoxy groups -OCH3 is 2. The number of carbonyl (C=O) groups is 4. The Kier molecular flexibility index (Phi) is 17.1. The molecule has 13 nitrogen and oxygen atoms in total. The lowest BCUT2D eigenvalue weighted by atomic mass is 9.89. The summed E-state index contributed by atoms with van der Waals surface area (Å²) in [5.41, 5.74) is 6.77. The molecule has 1 aliphatic heterocycles. The van der Waals surface area contributed by atoms with E-state index >= 15 is 0 Å². The average Bonchev–Trinajstić information content (AvgIpc) is 3.87. The van der Waals surface area contributed by atoms with E-state index in [-0.39, 0.29) is 54.0 Å². The number of nitrogens with one attached hydrogen (secondary N) is 2. The molecule has 0 saturated carbocycles. The Morgan fingerprint density at radius 2 is 1.69 bits per heavy atom. The number of ether oxygens (including phenoxy) is 2. The van der Waals surface area contributed by atoms with E-state index in [1.165, 1.54) is 11.3 Å². The standard InChI is InChI=1S/C41H67N7O6S/c1-13-26(4)35(47(10)39(51)34(25(2)3)45-40(52)41(6,7)46(8)9)32(53-11)24-33(49)48-21-14-15-31(48)36(54-12)27(5)37(50)44-30(38-43-20-22-55-38)23-28-16-18-29(42)19-17-28/h16-20,22,25-27,30-32,34-36H,13-15,21,23-24,42H2,1-12H3,(H,44,50)(H,45,52)/t26-,27+,30-,31-,32+,34-,35-,36?/m0/s1. The van der Waals surface area contributed by atoms with E-state index < -0.39 is 35.7 Å². The Labute approximate surface area is 333 Å². The Morgan fingerprint density at radius 1 is 1.04 bits per heavy atom. The molecule has 2 heterocycles. The lowest BCUT2D eigenvalue weighted by Crippen LogP contribution is -2.61. The number of likely N-dealkylation sites (N-methyl/N-ethyl adjacent to an activating group) is 2. The van der Waals surface area contributed by atoms with Crippen molar-refractivity contribution in [1.82, 2.24) is 30.3 Å². The maximum absolute atomic E-state index is 14.3. The van der Waals surface area contributed by atoms with Crippen molar-refractivity contribution in [2.45, 2.75) is 122 Å². The number of rotatable bonds is 20. The minimum atomic E-state index is -0.825. The molecular formula is C41H67N7O6S. The molecular weight excluding hydrogens is 719 g/mol. The van der Waals surface area contributed by atoms with Gasteiger partial charge in [0.2, 0.25) is 23.6 Å². The van der Waals surface area contributed by atoms with Crippen molar-refractivity contribution in [2.24, 2.45) is 17.8 Å². The molecule has 2 aromatic rings. The Hall–Kier alpha value is -3.59. The number of hydrogen-bond donors (Lipinski definition) is 3. The summed E-state index contributed by atoms with van der Waals surface area (Å²) in [4.78, 5) is 65.6. The summed E-state index contributed by atoms with van der Waals surface area (Å²) < 4.78 is 12.1. The third kappa shape index (κ3) is 11.5. The first-order chi connectivity index (χ1) is 25.9. The Balaban J connectivity index is 1.79. The predicted molar refractivity (Wildman–Crippen MR) is 218 cm³/mol. The minimum Gasteiger partial charge on any atom is -0.399 e. The van der Waals surface area contributed by atoms with Crippen molar-refractivity contribution in [3.63, 3.8) is 0 Å². The first-order valence-corrected chi connectivity index (χ1v) is 20.4. The Morgan fingerprint density at radius 3 is 2.22 bits per heavy atom. The van der Waals surface area contributed by atoms with Gasteiger partial charge in [-0.05, 0) is 76.7 Å². The zero-order valence-corrected chi connectivity index (χ0v) is 35.9. The molecule has 1 saturated heterocycles. The van der Waals surface area contributed by atoms with Gasteiger partial charge in [0, 0.05) is 45.1 Å². The van der Waals surface area contributed by atoms with Crippen LogP contribution >= 0.6 is 11.3 Å². The zero-order chi connectivity index (χ0) is 41.2. The van der Waals surface area contributed by atoms with Crippen LogP contribution in [0.5, 0.6) is 0 Å². The highest BCUT2D eigenvalue weighted by molar-refractivity contribution is 7.09. The summed E-state index contributed by atoms with van der Waals surface area (Å²) in [6.07, 6.45) is 3.34. The van der Waals surface area contributed by atoms with Crippen molar-refractivity contribution in [3.8, 4) is 0 Å². The van der Waals surface area contributed by atoms with Crippen LogP contribution < -0.4 is 16.4 Å². The number of nitrogens with two attached hydrogens (primary N) is 1. The van der Waals surface area contributed by atoms with Gasteiger partial charge in [0.25, 0.3) is 0 Å². The van der Waals surface area contributed by atoms with E-state index in [2.05, 4.69) is 22.5 Å². The van der Waals surface area contributed by atoms with Crippen LogP contribution in [-0.2, 0) is 35.1 Å². The van der Waals surface area contributed by atoms with Crippen LogP contribution in [0, 0.1) is 17.8 Å². The molecule has 0 spiro atoms. The molecule has 14 heteroatoms. The fraction of sp³-hybridized carbons (Fsp3) is 0.683. The summed E-state index contributed by atoms with van der Waals surface area (Å²) in [6.45, 7) is 13.9. The molecule has 1 unspecified atom stereocenters. The van der Waals surface area contributed by atoms with Crippen LogP contribution in [-0.4, -0.2) is 121 Å². The zero-order valence-electron chi connectivity index (χ0n) is 35.1. The molecule has 0 bridgehead atoms. The van der Waals surface area contributed by atoms with Gasteiger partial charge in [-0.25, -0.2) is 4.98 Å². The van der Waals surface area contributed by atoms with Crippen LogP contribution in [0.15, 0.2) is 35.8 Å². The van der Waals surface area contributed by atoms with E-state index in [4.69, 9.17) is 15.2 Å². The maximum Gasteiger partial charge on any atom is 0.245 e. The van der Waals surface area contributed by atoms with E-state index in [0.29, 0.717) is 25.1 Å². The van der Waals surface area contributed by atoms with Gasteiger partial charge in [0.05, 0.1) is 48.2 Å². The number of nitrogen functional groups attached to an aromatic ring is 1. The quantitative estimate of drug-likeness (QED) is 0.164. The maximum atomic E-state index is 14.3. The van der Waals surface area contributed by atoms with Crippen LogP contribution in [0.1, 0.15) is 90.8 Å². The number of anilines is 1. The molecule has 55 heavy (non-hydrogen) atoms. The molecule has 4 N–H and O–H groups in total. The second kappa shape index (κ2) is 20.5. The number of nitrogens with zero attached hydrogens (tertiary/aromatic N) is 4. The van der Waals surface area contributed by atoms with E-state index in [1.807, 2.05) is 95.1 Å². The van der Waals surface area contributed by atoms with Crippen LogP contribution in [0.2, 0.25) is 0 Å². The fourth-order valence-electron chi connectivity index (χ4n) is 7.36. The van der Waals surface area contributed by atoms with Crippen LogP contribution in [0.3, 0.4) is 0 Å². The molecule has 0 radical (unpaired) electrons. The van der Waals surface area contributed by atoms with Gasteiger partial charge in [-0.2, -0.15) is 0 Å². The van der Waals surface area contributed by atoms with Crippen molar-refractivity contribution >= 4 is 40.7 Å². The summed E-state index contributed by atoms with van der Waals surface area (Å²) in [6, 6.07) is 5.70. The summed E-state index contributed by atoms with van der Waals surface area (Å²) in [5.74, 6) is -1.55. The molecule has 1 aromatic heterocycles. The number of hydrogen-bond acceptors (Lipinski definition) is 10. The third-order valence-corrected chi connectivity index (χ3v) is 12.5. The first-order valence-electron chi connectivity index (χ1n) is 19.5. The van der Waals surface area contributed by atoms with E-state index in [1.54, 1.807) is 32.4 Å². The molecule has 4 amide bonds. The highest BCUT2D eigenvalue weighted by atomic mass is 32.1. The highest BCUT2D eigenvalue weighted by Crippen LogP contribution is 2.31. The van der Waals surface area contributed by atoms with Crippen molar-refractivity contribution in [3.05, 3.63) is 46.4 Å². The van der Waals surface area contributed by atoms with Crippen LogP contribution in [0.4, 0.5) is 5.69 Å². The van der Waals surface area contributed by atoms with Gasteiger partial charge in [0.1, 0.15) is 11.0 Å².